The Labute approximate surface area is 177 Å². The number of hydrogen-bond donors (Lipinski definition) is 0. The van der Waals surface area contributed by atoms with Crippen LogP contribution in [0.15, 0.2) is 63.7 Å². The summed E-state index contributed by atoms with van der Waals surface area (Å²) in [5, 5.41) is 0. The van der Waals surface area contributed by atoms with Crippen LogP contribution in [-0.4, -0.2) is 18.8 Å². The largest absolute Gasteiger partial charge is 0.465 e. The van der Waals surface area contributed by atoms with E-state index in [9.17, 15) is 4.79 Å². The Hall–Kier alpha value is -1.94. The Bertz CT molecular complexity index is 762. The van der Waals surface area contributed by atoms with Crippen LogP contribution in [0.2, 0.25) is 0 Å². The van der Waals surface area contributed by atoms with Crippen LogP contribution in [0.5, 0.6) is 0 Å². The van der Waals surface area contributed by atoms with Crippen molar-refractivity contribution >= 4 is 33.7 Å². The molecule has 1 aromatic carbocycles. The van der Waals surface area contributed by atoms with Gasteiger partial charge in [0.15, 0.2) is 0 Å². The summed E-state index contributed by atoms with van der Waals surface area (Å²) in [6.45, 7) is 6.50. The summed E-state index contributed by atoms with van der Waals surface area (Å²) in [6, 6.07) is 10.4. The van der Waals surface area contributed by atoms with Gasteiger partial charge in [0, 0.05) is 10.7 Å². The van der Waals surface area contributed by atoms with Gasteiger partial charge in [-0.1, -0.05) is 62.4 Å². The number of ether oxygens (including phenoxy) is 1. The number of esters is 1. The molecule has 1 aromatic rings. The van der Waals surface area contributed by atoms with Gasteiger partial charge in [-0.3, -0.25) is 9.79 Å². The third-order valence-electron chi connectivity index (χ3n) is 4.89. The second kappa shape index (κ2) is 11.8. The molecule has 0 fully saturated rings. The zero-order valence-electron chi connectivity index (χ0n) is 17.0. The molecular formula is C24H30BrNO2. The molecule has 0 N–H and O–H groups in total. The van der Waals surface area contributed by atoms with Crippen molar-refractivity contribution in [1.29, 1.82) is 0 Å². The maximum absolute atomic E-state index is 12.8. The zero-order chi connectivity index (χ0) is 20.4. The van der Waals surface area contributed by atoms with Gasteiger partial charge in [-0.05, 0) is 65.6 Å². The van der Waals surface area contributed by atoms with Gasteiger partial charge in [0.05, 0.1) is 12.3 Å². The normalized spacial score (nSPS) is 21.9. The lowest BCUT2D eigenvalue weighted by Gasteiger charge is -2.23. The van der Waals surface area contributed by atoms with Gasteiger partial charge in [-0.25, -0.2) is 0 Å². The summed E-state index contributed by atoms with van der Waals surface area (Å²) in [7, 11) is 0. The number of aliphatic imine (C=N–C) groups is 1. The van der Waals surface area contributed by atoms with E-state index in [0.717, 1.165) is 35.9 Å². The fourth-order valence-electron chi connectivity index (χ4n) is 3.36. The molecule has 2 unspecified atom stereocenters. The topological polar surface area (TPSA) is 38.7 Å². The SMILES string of the molecule is CCOC(=O)C(C1=C\CC\C=C(Br)/C=N/1)C(C)C/C=C(\CC)c1ccccc1. The summed E-state index contributed by atoms with van der Waals surface area (Å²) in [6.07, 6.45) is 11.8. The van der Waals surface area contributed by atoms with Gasteiger partial charge in [0.25, 0.3) is 0 Å². The standard InChI is InChI=1S/C24H30BrNO2/c1-4-19(20-11-7-6-8-12-20)16-15-18(3)23(24(27)28-5-2)22-14-10-9-13-21(25)17-26-22/h6-8,11-14,16-18,23H,4-5,9-10,15H2,1-3H3/b19-16+,21-13+,22-14-,26-17+. The molecule has 1 aliphatic rings. The predicted molar refractivity (Wildman–Crippen MR) is 121 cm³/mol. The number of carbonyl (C=O) groups excluding carboxylic acids is 1. The predicted octanol–water partition coefficient (Wildman–Crippen LogP) is 6.71. The van der Waals surface area contributed by atoms with E-state index in [4.69, 9.17) is 4.74 Å². The van der Waals surface area contributed by atoms with Crippen LogP contribution in [0.1, 0.15) is 52.0 Å². The maximum Gasteiger partial charge on any atom is 0.315 e. The molecule has 4 heteroatoms. The summed E-state index contributed by atoms with van der Waals surface area (Å²) in [5.41, 5.74) is 3.35. The monoisotopic (exact) mass is 443 g/mol. The van der Waals surface area contributed by atoms with E-state index in [1.165, 1.54) is 11.1 Å². The lowest BCUT2D eigenvalue weighted by atomic mass is 9.86. The van der Waals surface area contributed by atoms with Crippen LogP contribution in [0, 0.1) is 11.8 Å². The molecule has 28 heavy (non-hydrogen) atoms. The molecule has 150 valence electrons. The second-order valence-electron chi connectivity index (χ2n) is 6.95. The lowest BCUT2D eigenvalue weighted by Crippen LogP contribution is -2.26. The zero-order valence-corrected chi connectivity index (χ0v) is 18.6. The average Bonchev–Trinajstić information content (AvgIpc) is 2.68. The Kier molecular flexibility index (Phi) is 9.42. The molecule has 0 aromatic heterocycles. The fourth-order valence-corrected chi connectivity index (χ4v) is 3.69. The minimum absolute atomic E-state index is 0.0925. The van der Waals surface area contributed by atoms with E-state index in [1.54, 1.807) is 6.21 Å². The van der Waals surface area contributed by atoms with Gasteiger partial charge in [0.1, 0.15) is 5.92 Å². The van der Waals surface area contributed by atoms with Crippen molar-refractivity contribution in [2.75, 3.05) is 6.61 Å². The first kappa shape index (κ1) is 22.4. The number of hydrogen-bond acceptors (Lipinski definition) is 3. The molecule has 0 saturated heterocycles. The number of rotatable bonds is 8. The molecule has 1 heterocycles. The van der Waals surface area contributed by atoms with Crippen molar-refractivity contribution in [2.24, 2.45) is 16.8 Å². The number of benzene rings is 1. The quantitative estimate of drug-likeness (QED) is 0.418. The van der Waals surface area contributed by atoms with Gasteiger partial charge in [-0.2, -0.15) is 0 Å². The minimum Gasteiger partial charge on any atom is -0.465 e. The van der Waals surface area contributed by atoms with Crippen LogP contribution in [-0.2, 0) is 9.53 Å². The molecule has 3 nitrogen and oxygen atoms in total. The Morgan fingerprint density at radius 2 is 1.93 bits per heavy atom. The van der Waals surface area contributed by atoms with E-state index in [2.05, 4.69) is 77.3 Å². The minimum atomic E-state index is -0.361. The van der Waals surface area contributed by atoms with Gasteiger partial charge < -0.3 is 4.74 Å². The first-order valence-electron chi connectivity index (χ1n) is 10.1. The van der Waals surface area contributed by atoms with Crippen molar-refractivity contribution in [3.8, 4) is 0 Å². The van der Waals surface area contributed by atoms with Crippen LogP contribution < -0.4 is 0 Å². The summed E-state index contributed by atoms with van der Waals surface area (Å²) in [5.74, 6) is -0.458. The van der Waals surface area contributed by atoms with Crippen molar-refractivity contribution in [3.63, 3.8) is 0 Å². The highest BCUT2D eigenvalue weighted by atomic mass is 79.9. The number of allylic oxidation sites excluding steroid dienone is 5. The van der Waals surface area contributed by atoms with Crippen LogP contribution in [0.4, 0.5) is 0 Å². The first-order valence-corrected chi connectivity index (χ1v) is 10.9. The van der Waals surface area contributed by atoms with Crippen LogP contribution in [0.3, 0.4) is 0 Å². The van der Waals surface area contributed by atoms with Crippen molar-refractivity contribution in [1.82, 2.24) is 0 Å². The van der Waals surface area contributed by atoms with Crippen molar-refractivity contribution < 1.29 is 9.53 Å². The molecule has 1 aliphatic heterocycles. The van der Waals surface area contributed by atoms with E-state index >= 15 is 0 Å². The molecule has 0 radical (unpaired) electrons. The number of nitrogens with zero attached hydrogens (tertiary/aromatic N) is 1. The van der Waals surface area contributed by atoms with Crippen LogP contribution in [0.25, 0.3) is 5.57 Å². The maximum atomic E-state index is 12.8. The van der Waals surface area contributed by atoms with E-state index < -0.39 is 0 Å². The molecule has 0 spiro atoms. The smallest absolute Gasteiger partial charge is 0.315 e. The molecule has 2 atom stereocenters. The summed E-state index contributed by atoms with van der Waals surface area (Å²) >= 11 is 3.50. The summed E-state index contributed by atoms with van der Waals surface area (Å²) < 4.78 is 6.34. The summed E-state index contributed by atoms with van der Waals surface area (Å²) in [4.78, 5) is 17.4. The number of halogens is 1. The van der Waals surface area contributed by atoms with E-state index in [0.29, 0.717) is 6.61 Å². The van der Waals surface area contributed by atoms with Crippen LogP contribution >= 0.6 is 15.9 Å². The molecular weight excluding hydrogens is 414 g/mol. The first-order chi connectivity index (χ1) is 13.6. The van der Waals surface area contributed by atoms with Crippen molar-refractivity contribution in [3.05, 3.63) is 64.3 Å². The Balaban J connectivity index is 2.25. The fraction of sp³-hybridized carbons (Fsp3) is 0.417. The highest BCUT2D eigenvalue weighted by Crippen LogP contribution is 2.30. The van der Waals surface area contributed by atoms with Gasteiger partial charge >= 0.3 is 5.97 Å². The third-order valence-corrected chi connectivity index (χ3v) is 5.41. The highest BCUT2D eigenvalue weighted by Gasteiger charge is 2.29. The number of carbonyl (C=O) groups is 1. The molecule has 0 bridgehead atoms. The van der Waals surface area contributed by atoms with Gasteiger partial charge in [0.2, 0.25) is 0 Å². The molecule has 0 saturated carbocycles. The Morgan fingerprint density at radius 3 is 2.61 bits per heavy atom. The molecule has 2 rings (SSSR count). The second-order valence-corrected chi connectivity index (χ2v) is 7.86. The van der Waals surface area contributed by atoms with Crippen molar-refractivity contribution in [2.45, 2.75) is 46.5 Å². The highest BCUT2D eigenvalue weighted by molar-refractivity contribution is 9.12. The van der Waals surface area contributed by atoms with Gasteiger partial charge in [-0.15, -0.1) is 0 Å². The van der Waals surface area contributed by atoms with E-state index in [-0.39, 0.29) is 17.8 Å². The Morgan fingerprint density at radius 1 is 1.21 bits per heavy atom. The lowest BCUT2D eigenvalue weighted by molar-refractivity contribution is -0.148. The van der Waals surface area contributed by atoms with E-state index in [1.807, 2.05) is 13.0 Å². The third kappa shape index (κ3) is 6.59. The molecule has 0 aliphatic carbocycles. The average molecular weight is 444 g/mol. The molecule has 0 amide bonds.